The van der Waals surface area contributed by atoms with Gasteiger partial charge in [0.05, 0.1) is 5.69 Å². The van der Waals surface area contributed by atoms with Crippen molar-refractivity contribution in [3.63, 3.8) is 0 Å². The lowest BCUT2D eigenvalue weighted by Gasteiger charge is -2.17. The van der Waals surface area contributed by atoms with Gasteiger partial charge in [-0.2, -0.15) is 5.10 Å². The van der Waals surface area contributed by atoms with E-state index in [2.05, 4.69) is 50.8 Å². The number of hydrogen-bond donors (Lipinski definition) is 0. The molecule has 0 N–H and O–H groups in total. The number of halogens is 1. The lowest BCUT2D eigenvalue weighted by molar-refractivity contribution is 0.785. The summed E-state index contributed by atoms with van der Waals surface area (Å²) >= 11 is 3.68. The maximum atomic E-state index is 4.60. The number of aromatic nitrogens is 3. The van der Waals surface area contributed by atoms with Gasteiger partial charge in [0.25, 0.3) is 0 Å². The summed E-state index contributed by atoms with van der Waals surface area (Å²) in [5.41, 5.74) is 2.24. The first-order valence-electron chi connectivity index (χ1n) is 6.38. The third kappa shape index (κ3) is 2.00. The Balaban J connectivity index is 2.06. The van der Waals surface area contributed by atoms with Crippen molar-refractivity contribution in [3.8, 4) is 0 Å². The van der Waals surface area contributed by atoms with Gasteiger partial charge in [-0.1, -0.05) is 29.8 Å². The van der Waals surface area contributed by atoms with Gasteiger partial charge in [-0.05, 0) is 18.4 Å². The van der Waals surface area contributed by atoms with Crippen LogP contribution in [0.5, 0.6) is 0 Å². The number of fused-ring (bicyclic) bond motifs is 1. The van der Waals surface area contributed by atoms with E-state index < -0.39 is 0 Å². The molecule has 0 saturated carbocycles. The van der Waals surface area contributed by atoms with E-state index in [0.717, 1.165) is 30.1 Å². The molecule has 3 heterocycles. The van der Waals surface area contributed by atoms with Crippen LogP contribution in [0.15, 0.2) is 18.5 Å². The van der Waals surface area contributed by atoms with Crippen LogP contribution in [0.4, 0.5) is 5.82 Å². The number of hydrogen-bond acceptors (Lipinski definition) is 3. The first kappa shape index (κ1) is 12.0. The second kappa shape index (κ2) is 4.53. The molecule has 2 aromatic heterocycles. The van der Waals surface area contributed by atoms with Crippen molar-refractivity contribution in [3.05, 3.63) is 24.2 Å². The highest BCUT2D eigenvalue weighted by Crippen LogP contribution is 2.27. The maximum absolute atomic E-state index is 4.60. The molecule has 2 aromatic rings. The first-order valence-corrected chi connectivity index (χ1v) is 7.30. The first-order chi connectivity index (χ1) is 8.65. The summed E-state index contributed by atoms with van der Waals surface area (Å²) in [4.78, 5) is 7.45. The third-order valence-corrected chi connectivity index (χ3v) is 4.16. The summed E-state index contributed by atoms with van der Waals surface area (Å²) < 4.78 is 1.94. The van der Waals surface area contributed by atoms with Crippen LogP contribution in [0.3, 0.4) is 0 Å². The van der Waals surface area contributed by atoms with E-state index in [4.69, 9.17) is 0 Å². The summed E-state index contributed by atoms with van der Waals surface area (Å²) in [6, 6.07) is 2.16. The monoisotopic (exact) mass is 308 g/mol. The zero-order valence-corrected chi connectivity index (χ0v) is 12.3. The summed E-state index contributed by atoms with van der Waals surface area (Å²) in [5, 5.41) is 4.60. The van der Waals surface area contributed by atoms with Crippen LogP contribution in [0.25, 0.3) is 5.52 Å². The van der Waals surface area contributed by atoms with Gasteiger partial charge >= 0.3 is 0 Å². The van der Waals surface area contributed by atoms with Gasteiger partial charge in [0.2, 0.25) is 0 Å². The van der Waals surface area contributed by atoms with Crippen LogP contribution in [-0.4, -0.2) is 32.5 Å². The molecule has 0 bridgehead atoms. The van der Waals surface area contributed by atoms with Gasteiger partial charge in [0.1, 0.15) is 5.52 Å². The van der Waals surface area contributed by atoms with E-state index in [1.807, 2.05) is 16.9 Å². The minimum Gasteiger partial charge on any atom is -0.354 e. The van der Waals surface area contributed by atoms with Crippen LogP contribution < -0.4 is 4.90 Å². The molecule has 0 amide bonds. The molecule has 1 atom stereocenters. The normalized spacial score (nSPS) is 20.2. The van der Waals surface area contributed by atoms with Crippen molar-refractivity contribution < 1.29 is 0 Å². The molecule has 0 aromatic carbocycles. The van der Waals surface area contributed by atoms with Gasteiger partial charge < -0.3 is 4.90 Å². The highest BCUT2D eigenvalue weighted by atomic mass is 79.9. The quantitative estimate of drug-likeness (QED) is 0.800. The second-order valence-corrected chi connectivity index (χ2v) is 6.43. The van der Waals surface area contributed by atoms with E-state index in [1.54, 1.807) is 0 Å². The van der Waals surface area contributed by atoms with Gasteiger partial charge in [0, 0.05) is 30.3 Å². The van der Waals surface area contributed by atoms with Crippen LogP contribution in [-0.2, 0) is 0 Å². The molecule has 3 rings (SSSR count). The van der Waals surface area contributed by atoms with Crippen molar-refractivity contribution in [2.45, 2.75) is 31.0 Å². The van der Waals surface area contributed by atoms with Crippen molar-refractivity contribution in [1.82, 2.24) is 14.6 Å². The van der Waals surface area contributed by atoms with Crippen LogP contribution in [0.1, 0.15) is 31.9 Å². The molecule has 18 heavy (non-hydrogen) atoms. The number of nitrogens with zero attached hydrogens (tertiary/aromatic N) is 4. The van der Waals surface area contributed by atoms with Crippen LogP contribution in [0, 0.1) is 0 Å². The predicted molar refractivity (Wildman–Crippen MR) is 76.6 cm³/mol. The summed E-state index contributed by atoms with van der Waals surface area (Å²) in [5.74, 6) is 1.50. The Labute approximate surface area is 115 Å². The fourth-order valence-corrected chi connectivity index (χ4v) is 2.92. The Morgan fingerprint density at radius 1 is 1.44 bits per heavy atom. The third-order valence-electron chi connectivity index (χ3n) is 3.41. The van der Waals surface area contributed by atoms with Crippen LogP contribution >= 0.6 is 15.9 Å². The molecule has 5 heteroatoms. The average molecular weight is 309 g/mol. The maximum Gasteiger partial charge on any atom is 0.154 e. The molecule has 1 saturated heterocycles. The van der Waals surface area contributed by atoms with E-state index in [1.165, 1.54) is 6.42 Å². The fraction of sp³-hybridized carbons (Fsp3) is 0.538. The Kier molecular flexibility index (Phi) is 3.01. The molecule has 1 unspecified atom stereocenters. The fourth-order valence-electron chi connectivity index (χ4n) is 2.36. The molecule has 0 spiro atoms. The van der Waals surface area contributed by atoms with Crippen LogP contribution in [0.2, 0.25) is 0 Å². The minimum absolute atomic E-state index is 0.445. The number of alkyl halides is 1. The van der Waals surface area contributed by atoms with E-state index in [0.29, 0.717) is 10.7 Å². The molecule has 1 fully saturated rings. The smallest absolute Gasteiger partial charge is 0.154 e. The molecule has 96 valence electrons. The molecule has 1 aliphatic heterocycles. The lowest BCUT2D eigenvalue weighted by atomic mass is 10.1. The molecule has 0 aliphatic carbocycles. The van der Waals surface area contributed by atoms with Crippen molar-refractivity contribution in [2.24, 2.45) is 0 Å². The lowest BCUT2D eigenvalue weighted by Crippen LogP contribution is -2.21. The highest BCUT2D eigenvalue weighted by molar-refractivity contribution is 9.09. The SMILES string of the molecule is CC(C)c1cc2c(N3CCC(Br)C3)nccn2n1. The van der Waals surface area contributed by atoms with E-state index in [-0.39, 0.29) is 0 Å². The van der Waals surface area contributed by atoms with Gasteiger partial charge in [-0.15, -0.1) is 0 Å². The standard InChI is InChI=1S/C13H17BrN4/c1-9(2)11-7-12-13(15-4-6-18(12)16-11)17-5-3-10(14)8-17/h4,6-7,9-10H,3,5,8H2,1-2H3. The Morgan fingerprint density at radius 2 is 2.28 bits per heavy atom. The summed E-state index contributed by atoms with van der Waals surface area (Å²) in [6.45, 7) is 6.41. The largest absolute Gasteiger partial charge is 0.354 e. The number of rotatable bonds is 2. The molecule has 1 aliphatic rings. The van der Waals surface area contributed by atoms with Gasteiger partial charge in [-0.25, -0.2) is 9.50 Å². The average Bonchev–Trinajstić information content (AvgIpc) is 2.94. The van der Waals surface area contributed by atoms with E-state index in [9.17, 15) is 0 Å². The molecule has 0 radical (unpaired) electrons. The van der Waals surface area contributed by atoms with Gasteiger partial charge in [0.15, 0.2) is 5.82 Å². The molecular weight excluding hydrogens is 292 g/mol. The van der Waals surface area contributed by atoms with Crippen molar-refractivity contribution in [1.29, 1.82) is 0 Å². The zero-order chi connectivity index (χ0) is 12.7. The Morgan fingerprint density at radius 3 is 2.94 bits per heavy atom. The number of anilines is 1. The van der Waals surface area contributed by atoms with Crippen molar-refractivity contribution >= 4 is 27.3 Å². The molecular formula is C13H17BrN4. The Bertz CT molecular complexity index is 563. The Hall–Kier alpha value is -1.10. The second-order valence-electron chi connectivity index (χ2n) is 5.14. The van der Waals surface area contributed by atoms with Gasteiger partial charge in [-0.3, -0.25) is 0 Å². The topological polar surface area (TPSA) is 33.4 Å². The predicted octanol–water partition coefficient (Wildman–Crippen LogP) is 2.83. The highest BCUT2D eigenvalue weighted by Gasteiger charge is 2.23. The summed E-state index contributed by atoms with van der Waals surface area (Å²) in [7, 11) is 0. The van der Waals surface area contributed by atoms with Crippen molar-refractivity contribution in [2.75, 3.05) is 18.0 Å². The summed E-state index contributed by atoms with van der Waals surface area (Å²) in [6.07, 6.45) is 4.93. The molecule has 4 nitrogen and oxygen atoms in total. The minimum atomic E-state index is 0.445. The zero-order valence-electron chi connectivity index (χ0n) is 10.7. The van der Waals surface area contributed by atoms with E-state index >= 15 is 0 Å².